The molecular weight excluding hydrogens is 326 g/mol. The summed E-state index contributed by atoms with van der Waals surface area (Å²) in [7, 11) is 0. The maximum atomic E-state index is 12.2. The van der Waals surface area contributed by atoms with Gasteiger partial charge in [0.2, 0.25) is 5.76 Å². The fourth-order valence-electron chi connectivity index (χ4n) is 2.74. The summed E-state index contributed by atoms with van der Waals surface area (Å²) in [6.07, 6.45) is 3.08. The quantitative estimate of drug-likeness (QED) is 0.820. The highest BCUT2D eigenvalue weighted by atomic mass is 16.5. The minimum Gasteiger partial charge on any atom is -0.467 e. The van der Waals surface area contributed by atoms with Crippen LogP contribution < -0.4 is 10.1 Å². The normalized spacial score (nSPS) is 19.6. The van der Waals surface area contributed by atoms with Crippen molar-refractivity contribution in [2.24, 2.45) is 5.92 Å². The van der Waals surface area contributed by atoms with Crippen LogP contribution in [0.5, 0.6) is 5.88 Å². The van der Waals surface area contributed by atoms with Crippen LogP contribution in [-0.2, 0) is 4.74 Å². The largest absolute Gasteiger partial charge is 0.467 e. The number of amides is 1. The summed E-state index contributed by atoms with van der Waals surface area (Å²) in [5.41, 5.74) is 0.867. The maximum absolute atomic E-state index is 12.2. The van der Waals surface area contributed by atoms with Gasteiger partial charge in [-0.2, -0.15) is 0 Å². The predicted octanol–water partition coefficient (Wildman–Crippen LogP) is 2.66. The van der Waals surface area contributed by atoms with Crippen molar-refractivity contribution in [3.05, 3.63) is 29.3 Å². The van der Waals surface area contributed by atoms with E-state index in [0.717, 1.165) is 18.4 Å². The summed E-state index contributed by atoms with van der Waals surface area (Å²) >= 11 is 0. The van der Waals surface area contributed by atoms with Gasteiger partial charge in [-0.25, -0.2) is 0 Å². The fraction of sp³-hybridized carbons (Fsp3) is 0.588. The predicted molar refractivity (Wildman–Crippen MR) is 87.3 cm³/mol. The van der Waals surface area contributed by atoms with E-state index in [-0.39, 0.29) is 35.6 Å². The lowest BCUT2D eigenvalue weighted by Crippen LogP contribution is -2.34. The highest BCUT2D eigenvalue weighted by Gasteiger charge is 2.27. The van der Waals surface area contributed by atoms with Crippen LogP contribution in [0.1, 0.15) is 54.7 Å². The Morgan fingerprint density at radius 2 is 2.32 bits per heavy atom. The number of nitrogens with one attached hydrogen (secondary N) is 1. The Morgan fingerprint density at radius 3 is 2.96 bits per heavy atom. The molecule has 25 heavy (non-hydrogen) atoms. The van der Waals surface area contributed by atoms with Gasteiger partial charge in [-0.15, -0.1) is 0 Å². The minimum absolute atomic E-state index is 0.00878. The highest BCUT2D eigenvalue weighted by molar-refractivity contribution is 5.91. The fourth-order valence-corrected chi connectivity index (χ4v) is 2.74. The molecule has 8 nitrogen and oxygen atoms in total. The van der Waals surface area contributed by atoms with Crippen LogP contribution in [0.15, 0.2) is 21.3 Å². The molecule has 2 aromatic heterocycles. The van der Waals surface area contributed by atoms with Gasteiger partial charge >= 0.3 is 0 Å². The standard InChI is InChI=1S/C17H23N3O5/c1-4-10(2)16(13-8-18-24-11(13)3)23-15-7-14(25-20-15)17(21)19-12-5-6-22-9-12/h7-8,10,12,16H,4-6,9H2,1-3H3,(H,19,21)/t10?,12?,16-/m1/s1. The summed E-state index contributed by atoms with van der Waals surface area (Å²) in [4.78, 5) is 12.2. The first-order valence-corrected chi connectivity index (χ1v) is 8.51. The third-order valence-corrected chi connectivity index (χ3v) is 4.48. The van der Waals surface area contributed by atoms with Gasteiger partial charge < -0.3 is 23.8 Å². The van der Waals surface area contributed by atoms with Crippen LogP contribution >= 0.6 is 0 Å². The molecule has 0 bridgehead atoms. The Kier molecular flexibility index (Phi) is 5.37. The molecule has 3 heterocycles. The molecule has 3 atom stereocenters. The monoisotopic (exact) mass is 349 g/mol. The summed E-state index contributed by atoms with van der Waals surface area (Å²) in [6.45, 7) is 7.17. The molecule has 1 aliphatic rings. The zero-order valence-corrected chi connectivity index (χ0v) is 14.7. The van der Waals surface area contributed by atoms with Crippen molar-refractivity contribution >= 4 is 5.91 Å². The summed E-state index contributed by atoms with van der Waals surface area (Å²) in [5.74, 6) is 0.973. The van der Waals surface area contributed by atoms with Gasteiger partial charge in [-0.1, -0.05) is 19.0 Å². The van der Waals surface area contributed by atoms with E-state index in [9.17, 15) is 4.79 Å². The molecule has 1 saturated heterocycles. The Hall–Kier alpha value is -2.35. The number of aryl methyl sites for hydroxylation is 1. The molecule has 1 amide bonds. The van der Waals surface area contributed by atoms with Crippen molar-refractivity contribution in [3.63, 3.8) is 0 Å². The summed E-state index contributed by atoms with van der Waals surface area (Å²) < 4.78 is 21.5. The van der Waals surface area contributed by atoms with E-state index in [1.807, 2.05) is 6.92 Å². The van der Waals surface area contributed by atoms with E-state index in [1.165, 1.54) is 6.07 Å². The van der Waals surface area contributed by atoms with Crippen molar-refractivity contribution in [2.45, 2.75) is 45.8 Å². The van der Waals surface area contributed by atoms with Crippen molar-refractivity contribution in [1.29, 1.82) is 0 Å². The van der Waals surface area contributed by atoms with Crippen LogP contribution in [-0.4, -0.2) is 35.5 Å². The van der Waals surface area contributed by atoms with Crippen LogP contribution in [0.4, 0.5) is 0 Å². The molecule has 3 rings (SSSR count). The number of hydrogen-bond donors (Lipinski definition) is 1. The van der Waals surface area contributed by atoms with Crippen LogP contribution in [0.2, 0.25) is 0 Å². The first kappa shape index (κ1) is 17.5. The first-order chi connectivity index (χ1) is 12.1. The number of carbonyl (C=O) groups excluding carboxylic acids is 1. The molecule has 1 fully saturated rings. The molecule has 2 unspecified atom stereocenters. The summed E-state index contributed by atoms with van der Waals surface area (Å²) in [5, 5.41) is 10.5. The van der Waals surface area contributed by atoms with Gasteiger partial charge in [-0.05, 0) is 30.8 Å². The smallest absolute Gasteiger partial charge is 0.290 e. The third-order valence-electron chi connectivity index (χ3n) is 4.48. The van der Waals surface area contributed by atoms with Gasteiger partial charge in [-0.3, -0.25) is 4.79 Å². The summed E-state index contributed by atoms with van der Waals surface area (Å²) in [6, 6.07) is 1.51. The molecule has 0 aliphatic carbocycles. The topological polar surface area (TPSA) is 99.6 Å². The maximum Gasteiger partial charge on any atom is 0.290 e. The molecule has 136 valence electrons. The lowest BCUT2D eigenvalue weighted by Gasteiger charge is -2.21. The number of ether oxygens (including phenoxy) is 2. The second-order valence-electron chi connectivity index (χ2n) is 6.32. The first-order valence-electron chi connectivity index (χ1n) is 8.51. The molecule has 0 radical (unpaired) electrons. The van der Waals surface area contributed by atoms with E-state index in [1.54, 1.807) is 6.20 Å². The lowest BCUT2D eigenvalue weighted by atomic mass is 9.96. The SMILES string of the molecule is CCC(C)[C@@H](Oc1cc(C(=O)NC2CCOC2)on1)c1cnoc1C. The number of hydrogen-bond acceptors (Lipinski definition) is 7. The van der Waals surface area contributed by atoms with Crippen molar-refractivity contribution in [2.75, 3.05) is 13.2 Å². The Morgan fingerprint density at radius 1 is 1.48 bits per heavy atom. The highest BCUT2D eigenvalue weighted by Crippen LogP contribution is 2.31. The number of rotatable bonds is 7. The lowest BCUT2D eigenvalue weighted by molar-refractivity contribution is 0.0891. The van der Waals surface area contributed by atoms with Crippen LogP contribution in [0.3, 0.4) is 0 Å². The molecule has 1 N–H and O–H groups in total. The average Bonchev–Trinajstić information content (AvgIpc) is 3.34. The van der Waals surface area contributed by atoms with Gasteiger partial charge in [0.1, 0.15) is 11.9 Å². The van der Waals surface area contributed by atoms with Gasteiger partial charge in [0.05, 0.1) is 30.5 Å². The van der Waals surface area contributed by atoms with E-state index in [4.69, 9.17) is 18.5 Å². The van der Waals surface area contributed by atoms with E-state index in [0.29, 0.717) is 19.0 Å². The van der Waals surface area contributed by atoms with Gasteiger partial charge in [0, 0.05) is 6.61 Å². The van der Waals surface area contributed by atoms with Gasteiger partial charge in [0.25, 0.3) is 11.8 Å². The van der Waals surface area contributed by atoms with Crippen LogP contribution in [0, 0.1) is 12.8 Å². The van der Waals surface area contributed by atoms with Crippen molar-refractivity contribution in [3.8, 4) is 5.88 Å². The molecule has 2 aromatic rings. The molecule has 0 spiro atoms. The number of carbonyl (C=O) groups is 1. The van der Waals surface area contributed by atoms with Crippen molar-refractivity contribution in [1.82, 2.24) is 15.6 Å². The van der Waals surface area contributed by atoms with E-state index < -0.39 is 0 Å². The Labute approximate surface area is 145 Å². The van der Waals surface area contributed by atoms with Gasteiger partial charge in [0.15, 0.2) is 0 Å². The number of nitrogens with zero attached hydrogens (tertiary/aromatic N) is 2. The number of aromatic nitrogens is 2. The molecule has 0 saturated carbocycles. The third kappa shape index (κ3) is 4.01. The zero-order valence-electron chi connectivity index (χ0n) is 14.7. The van der Waals surface area contributed by atoms with Crippen LogP contribution in [0.25, 0.3) is 0 Å². The second kappa shape index (κ2) is 7.69. The van der Waals surface area contributed by atoms with E-state index >= 15 is 0 Å². The zero-order chi connectivity index (χ0) is 17.8. The molecular formula is C17H23N3O5. The second-order valence-corrected chi connectivity index (χ2v) is 6.32. The average molecular weight is 349 g/mol. The van der Waals surface area contributed by atoms with Crippen molar-refractivity contribution < 1.29 is 23.3 Å². The molecule has 0 aromatic carbocycles. The Bertz CT molecular complexity index is 705. The van der Waals surface area contributed by atoms with E-state index in [2.05, 4.69) is 29.5 Å². The molecule has 1 aliphatic heterocycles. The Balaban J connectivity index is 1.69. The minimum atomic E-state index is -0.320. The molecule has 8 heteroatoms.